The second-order valence-electron chi connectivity index (χ2n) is 12.0. The van der Waals surface area contributed by atoms with Gasteiger partial charge < -0.3 is 15.4 Å². The van der Waals surface area contributed by atoms with Crippen molar-refractivity contribution < 1.29 is 9.90 Å². The van der Waals surface area contributed by atoms with Crippen molar-refractivity contribution in [2.24, 2.45) is 0 Å². The standard InChI is InChI=1S/C41H32N6O2/c1-27(32-19-11-12-20-37(32)48)43-40(49)39-44-34-25-33-36(26-35(34)45-39)47(46-38(33)28-21-23-42-24-22-28)41(29-13-5-2-6-14-29,30-15-7-3-8-16-30)31-17-9-4-10-18-31/h2-27,48H,1H3,(H,43,49)(H,44,45). The fraction of sp³-hybridized carbons (Fsp3) is 0.0732. The molecular formula is C41H32N6O2. The Kier molecular flexibility index (Phi) is 7.45. The Labute approximate surface area is 282 Å². The van der Waals surface area contributed by atoms with E-state index in [2.05, 4.69) is 92.8 Å². The predicted molar refractivity (Wildman–Crippen MR) is 191 cm³/mol. The van der Waals surface area contributed by atoms with Gasteiger partial charge >= 0.3 is 0 Å². The number of para-hydroxylation sites is 1. The molecule has 1 amide bonds. The van der Waals surface area contributed by atoms with E-state index in [9.17, 15) is 9.90 Å². The van der Waals surface area contributed by atoms with E-state index < -0.39 is 11.6 Å². The quantitative estimate of drug-likeness (QED) is 0.146. The molecule has 0 bridgehead atoms. The van der Waals surface area contributed by atoms with Crippen molar-refractivity contribution >= 4 is 27.8 Å². The number of H-pyrrole nitrogens is 1. The van der Waals surface area contributed by atoms with E-state index in [1.807, 2.05) is 55.5 Å². The first-order valence-electron chi connectivity index (χ1n) is 16.1. The van der Waals surface area contributed by atoms with E-state index in [0.717, 1.165) is 38.9 Å². The Morgan fingerprint density at radius 1 is 0.776 bits per heavy atom. The minimum atomic E-state index is -0.867. The zero-order chi connectivity index (χ0) is 33.4. The van der Waals surface area contributed by atoms with Gasteiger partial charge in [-0.05, 0) is 53.9 Å². The number of carbonyl (C=O) groups is 1. The smallest absolute Gasteiger partial charge is 0.287 e. The van der Waals surface area contributed by atoms with Crippen LogP contribution in [0.2, 0.25) is 0 Å². The van der Waals surface area contributed by atoms with Gasteiger partial charge in [0.2, 0.25) is 0 Å². The molecule has 0 aliphatic rings. The number of pyridine rings is 1. The third-order valence-electron chi connectivity index (χ3n) is 9.09. The van der Waals surface area contributed by atoms with Crippen molar-refractivity contribution in [3.63, 3.8) is 0 Å². The molecule has 0 radical (unpaired) electrons. The second kappa shape index (κ2) is 12.2. The number of phenolic OH excluding ortho intramolecular Hbond substituents is 1. The van der Waals surface area contributed by atoms with Crippen LogP contribution in [0.25, 0.3) is 33.2 Å². The SMILES string of the molecule is CC(NC(=O)c1nc2cc3c(-c4ccncc4)nn(C(c4ccccc4)(c4ccccc4)c4ccccc4)c3cc2[nH]1)c1ccccc1O. The first-order chi connectivity index (χ1) is 24.0. The average Bonchev–Trinajstić information content (AvgIpc) is 3.74. The Balaban J connectivity index is 1.38. The molecule has 1 unspecified atom stereocenters. The lowest BCUT2D eigenvalue weighted by Crippen LogP contribution is -2.38. The summed E-state index contributed by atoms with van der Waals surface area (Å²) in [5, 5.41) is 19.6. The summed E-state index contributed by atoms with van der Waals surface area (Å²) in [6.07, 6.45) is 3.53. The second-order valence-corrected chi connectivity index (χ2v) is 12.0. The van der Waals surface area contributed by atoms with E-state index >= 15 is 0 Å². The molecule has 8 heteroatoms. The fourth-order valence-electron chi connectivity index (χ4n) is 6.81. The van der Waals surface area contributed by atoms with Gasteiger partial charge in [-0.15, -0.1) is 0 Å². The summed E-state index contributed by atoms with van der Waals surface area (Å²) in [6, 6.07) is 45.7. The van der Waals surface area contributed by atoms with Gasteiger partial charge in [-0.2, -0.15) is 5.10 Å². The highest BCUT2D eigenvalue weighted by Gasteiger charge is 2.41. The molecule has 0 spiro atoms. The molecule has 0 saturated carbocycles. The average molecular weight is 641 g/mol. The summed E-state index contributed by atoms with van der Waals surface area (Å²) >= 11 is 0. The van der Waals surface area contributed by atoms with E-state index in [-0.39, 0.29) is 17.5 Å². The number of benzene rings is 5. The number of aromatic amines is 1. The molecule has 0 aliphatic carbocycles. The van der Waals surface area contributed by atoms with Gasteiger partial charge in [-0.1, -0.05) is 109 Å². The van der Waals surface area contributed by atoms with Crippen LogP contribution in [0.4, 0.5) is 0 Å². The van der Waals surface area contributed by atoms with E-state index in [1.54, 1.807) is 30.6 Å². The van der Waals surface area contributed by atoms with Crippen LogP contribution in [0, 0.1) is 0 Å². The van der Waals surface area contributed by atoms with Crippen LogP contribution in [0.1, 0.15) is 45.8 Å². The molecule has 0 saturated heterocycles. The molecule has 3 aromatic heterocycles. The Morgan fingerprint density at radius 2 is 1.35 bits per heavy atom. The molecular weight excluding hydrogens is 608 g/mol. The van der Waals surface area contributed by atoms with Crippen LogP contribution in [0.5, 0.6) is 5.75 Å². The maximum atomic E-state index is 13.5. The van der Waals surface area contributed by atoms with Crippen LogP contribution in [0.3, 0.4) is 0 Å². The van der Waals surface area contributed by atoms with Gasteiger partial charge in [0.1, 0.15) is 17.0 Å². The van der Waals surface area contributed by atoms with Gasteiger partial charge in [0.25, 0.3) is 5.91 Å². The molecule has 5 aromatic carbocycles. The molecule has 238 valence electrons. The van der Waals surface area contributed by atoms with Crippen LogP contribution < -0.4 is 5.32 Å². The lowest BCUT2D eigenvalue weighted by molar-refractivity contribution is 0.0930. The summed E-state index contributed by atoms with van der Waals surface area (Å²) in [7, 11) is 0. The number of carbonyl (C=O) groups excluding carboxylic acids is 1. The van der Waals surface area contributed by atoms with Gasteiger partial charge in [-0.25, -0.2) is 9.67 Å². The molecule has 49 heavy (non-hydrogen) atoms. The summed E-state index contributed by atoms with van der Waals surface area (Å²) in [4.78, 5) is 25.8. The van der Waals surface area contributed by atoms with Gasteiger partial charge in [0, 0.05) is 28.9 Å². The predicted octanol–water partition coefficient (Wildman–Crippen LogP) is 8.01. The number of hydrogen-bond acceptors (Lipinski definition) is 5. The van der Waals surface area contributed by atoms with Crippen LogP contribution >= 0.6 is 0 Å². The number of nitrogens with zero attached hydrogens (tertiary/aromatic N) is 4. The summed E-state index contributed by atoms with van der Waals surface area (Å²) in [5.41, 5.74) is 6.75. The first-order valence-corrected chi connectivity index (χ1v) is 16.1. The lowest BCUT2D eigenvalue weighted by Gasteiger charge is -2.37. The number of rotatable bonds is 8. The van der Waals surface area contributed by atoms with E-state index in [4.69, 9.17) is 10.1 Å². The van der Waals surface area contributed by atoms with Crippen molar-refractivity contribution in [2.75, 3.05) is 0 Å². The molecule has 0 aliphatic heterocycles. The maximum absolute atomic E-state index is 13.5. The van der Waals surface area contributed by atoms with Crippen LogP contribution in [-0.2, 0) is 5.54 Å². The summed E-state index contributed by atoms with van der Waals surface area (Å²) < 4.78 is 2.11. The molecule has 1 atom stereocenters. The van der Waals surface area contributed by atoms with E-state index in [1.165, 1.54) is 0 Å². The summed E-state index contributed by atoms with van der Waals surface area (Å²) in [5.74, 6) is -0.0763. The van der Waals surface area contributed by atoms with Crippen LogP contribution in [0.15, 0.2) is 152 Å². The number of aromatic hydroxyl groups is 1. The van der Waals surface area contributed by atoms with Crippen molar-refractivity contribution in [3.8, 4) is 17.0 Å². The number of hydrogen-bond donors (Lipinski definition) is 3. The van der Waals surface area contributed by atoms with Gasteiger partial charge in [-0.3, -0.25) is 9.78 Å². The highest BCUT2D eigenvalue weighted by molar-refractivity contribution is 6.03. The molecule has 3 heterocycles. The van der Waals surface area contributed by atoms with Crippen molar-refractivity contribution in [3.05, 3.63) is 180 Å². The summed E-state index contributed by atoms with van der Waals surface area (Å²) in [6.45, 7) is 1.83. The third kappa shape index (κ3) is 5.10. The lowest BCUT2D eigenvalue weighted by atomic mass is 9.77. The van der Waals surface area contributed by atoms with Crippen LogP contribution in [-0.4, -0.2) is 35.7 Å². The van der Waals surface area contributed by atoms with Gasteiger partial charge in [0.15, 0.2) is 5.82 Å². The minimum Gasteiger partial charge on any atom is -0.508 e. The molecule has 8 nitrogen and oxygen atoms in total. The normalized spacial score (nSPS) is 12.3. The maximum Gasteiger partial charge on any atom is 0.287 e. The molecule has 3 N–H and O–H groups in total. The zero-order valence-electron chi connectivity index (χ0n) is 26.7. The minimum absolute atomic E-state index is 0.123. The largest absolute Gasteiger partial charge is 0.508 e. The number of phenols is 1. The monoisotopic (exact) mass is 640 g/mol. The van der Waals surface area contributed by atoms with Crippen molar-refractivity contribution in [1.82, 2.24) is 30.0 Å². The highest BCUT2D eigenvalue weighted by Crippen LogP contribution is 2.44. The van der Waals surface area contributed by atoms with Crippen molar-refractivity contribution in [2.45, 2.75) is 18.5 Å². The first kappa shape index (κ1) is 29.8. The third-order valence-corrected chi connectivity index (χ3v) is 9.09. The van der Waals surface area contributed by atoms with Gasteiger partial charge in [0.05, 0.1) is 22.6 Å². The van der Waals surface area contributed by atoms with E-state index in [0.29, 0.717) is 16.6 Å². The zero-order valence-corrected chi connectivity index (χ0v) is 26.7. The molecule has 8 aromatic rings. The molecule has 0 fully saturated rings. The fourth-order valence-corrected chi connectivity index (χ4v) is 6.81. The number of fused-ring (bicyclic) bond motifs is 2. The number of amides is 1. The Morgan fingerprint density at radius 3 is 1.94 bits per heavy atom. The Hall–Kier alpha value is -6.54. The topological polar surface area (TPSA) is 109 Å². The molecule has 8 rings (SSSR count). The Bertz CT molecular complexity index is 2310. The number of nitrogens with one attached hydrogen (secondary N) is 2. The number of aromatic nitrogens is 5. The number of imidazole rings is 1. The van der Waals surface area contributed by atoms with Crippen molar-refractivity contribution in [1.29, 1.82) is 0 Å². The highest BCUT2D eigenvalue weighted by atomic mass is 16.3.